The molecule has 25 heavy (non-hydrogen) atoms. The fourth-order valence-electron chi connectivity index (χ4n) is 2.85. The normalized spacial score (nSPS) is 11.2. The zero-order chi connectivity index (χ0) is 17.6. The highest BCUT2D eigenvalue weighted by molar-refractivity contribution is 6.34. The van der Waals surface area contributed by atoms with Gasteiger partial charge in [0.05, 0.1) is 21.5 Å². The maximum absolute atomic E-state index is 12.5. The number of rotatable bonds is 2. The second kappa shape index (κ2) is 5.86. The number of pyridine rings is 1. The molecule has 2 heterocycles. The topological polar surface area (TPSA) is 59.8 Å². The van der Waals surface area contributed by atoms with E-state index in [0.29, 0.717) is 22.1 Å². The maximum atomic E-state index is 12.5. The monoisotopic (exact) mass is 350 g/mol. The zero-order valence-electron chi connectivity index (χ0n) is 13.7. The van der Waals surface area contributed by atoms with E-state index >= 15 is 0 Å². The van der Waals surface area contributed by atoms with Gasteiger partial charge in [0.15, 0.2) is 11.5 Å². The molecular weight excluding hydrogens is 336 g/mol. The Kier molecular flexibility index (Phi) is 3.66. The molecule has 4 aromatic rings. The number of nitrogens with zero attached hydrogens (tertiary/aromatic N) is 3. The molecule has 0 aliphatic carbocycles. The minimum atomic E-state index is -0.297. The van der Waals surface area contributed by atoms with E-state index in [-0.39, 0.29) is 5.91 Å². The van der Waals surface area contributed by atoms with Gasteiger partial charge in [0.2, 0.25) is 0 Å². The number of benzene rings is 2. The minimum absolute atomic E-state index is 0.297. The second-order valence-electron chi connectivity index (χ2n) is 5.96. The van der Waals surface area contributed by atoms with Gasteiger partial charge in [0, 0.05) is 12.4 Å². The highest BCUT2D eigenvalue weighted by atomic mass is 35.5. The van der Waals surface area contributed by atoms with Gasteiger partial charge in [-0.25, -0.2) is 9.67 Å². The lowest BCUT2D eigenvalue weighted by Gasteiger charge is -2.05. The third-order valence-electron chi connectivity index (χ3n) is 4.12. The standard InChI is InChI=1S/C19H15ClN4O/c1-11-7-8-12-10-14-17(23-24(2)18(14)21-16(12)9-11)22-19(25)13-5-3-4-6-15(13)20/h3-10H,1-2H3,(H,22,23,25). The Morgan fingerprint density at radius 2 is 1.96 bits per heavy atom. The average molecular weight is 351 g/mol. The Balaban J connectivity index is 1.81. The molecule has 1 amide bonds. The van der Waals surface area contributed by atoms with Crippen molar-refractivity contribution in [3.05, 3.63) is 64.7 Å². The van der Waals surface area contributed by atoms with E-state index in [9.17, 15) is 4.79 Å². The van der Waals surface area contributed by atoms with Gasteiger partial charge in [-0.3, -0.25) is 4.79 Å². The molecule has 0 unspecified atom stereocenters. The SMILES string of the molecule is Cc1ccc2cc3c(NC(=O)c4ccccc4Cl)nn(C)c3nc2c1. The molecule has 0 bridgehead atoms. The summed E-state index contributed by atoms with van der Waals surface area (Å²) in [5.41, 5.74) is 3.17. The van der Waals surface area contributed by atoms with Crippen LogP contribution in [0.25, 0.3) is 21.9 Å². The number of fused-ring (bicyclic) bond motifs is 2. The Bertz CT molecular complexity index is 1130. The van der Waals surface area contributed by atoms with Gasteiger partial charge in [-0.2, -0.15) is 5.10 Å². The van der Waals surface area contributed by atoms with Crippen molar-refractivity contribution in [1.82, 2.24) is 14.8 Å². The molecule has 1 N–H and O–H groups in total. The fourth-order valence-corrected chi connectivity index (χ4v) is 3.07. The first-order valence-corrected chi connectivity index (χ1v) is 8.21. The summed E-state index contributed by atoms with van der Waals surface area (Å²) in [5, 5.41) is 9.45. The van der Waals surface area contributed by atoms with Crippen LogP contribution < -0.4 is 5.32 Å². The third kappa shape index (κ3) is 2.72. The smallest absolute Gasteiger partial charge is 0.258 e. The Morgan fingerprint density at radius 1 is 1.16 bits per heavy atom. The predicted octanol–water partition coefficient (Wildman–Crippen LogP) is 4.34. The molecular formula is C19H15ClN4O. The molecule has 2 aromatic heterocycles. The van der Waals surface area contributed by atoms with Crippen molar-refractivity contribution >= 4 is 45.3 Å². The molecule has 4 rings (SSSR count). The van der Waals surface area contributed by atoms with E-state index in [0.717, 1.165) is 21.9 Å². The van der Waals surface area contributed by atoms with Gasteiger partial charge in [-0.15, -0.1) is 0 Å². The van der Waals surface area contributed by atoms with E-state index in [1.807, 2.05) is 38.2 Å². The fraction of sp³-hybridized carbons (Fsp3) is 0.105. The summed E-state index contributed by atoms with van der Waals surface area (Å²) in [6, 6.07) is 15.0. The van der Waals surface area contributed by atoms with Gasteiger partial charge in [0.25, 0.3) is 5.91 Å². The highest BCUT2D eigenvalue weighted by Crippen LogP contribution is 2.27. The molecule has 0 saturated heterocycles. The predicted molar refractivity (Wildman–Crippen MR) is 100 cm³/mol. The van der Waals surface area contributed by atoms with Crippen molar-refractivity contribution in [1.29, 1.82) is 0 Å². The van der Waals surface area contributed by atoms with E-state index < -0.39 is 0 Å². The molecule has 2 aromatic carbocycles. The summed E-state index contributed by atoms with van der Waals surface area (Å²) >= 11 is 6.10. The first-order chi connectivity index (χ1) is 12.0. The molecule has 0 spiro atoms. The van der Waals surface area contributed by atoms with Crippen LogP contribution in [0.1, 0.15) is 15.9 Å². The summed E-state index contributed by atoms with van der Waals surface area (Å²) in [6.45, 7) is 2.03. The first-order valence-electron chi connectivity index (χ1n) is 7.83. The lowest BCUT2D eigenvalue weighted by atomic mass is 10.1. The number of nitrogens with one attached hydrogen (secondary N) is 1. The van der Waals surface area contributed by atoms with Crippen LogP contribution in [0.5, 0.6) is 0 Å². The number of carbonyl (C=O) groups is 1. The molecule has 5 nitrogen and oxygen atoms in total. The Labute approximate surface area is 149 Å². The van der Waals surface area contributed by atoms with Crippen molar-refractivity contribution < 1.29 is 4.79 Å². The van der Waals surface area contributed by atoms with E-state index in [1.165, 1.54) is 0 Å². The molecule has 0 aliphatic rings. The average Bonchev–Trinajstić information content (AvgIpc) is 2.88. The van der Waals surface area contributed by atoms with Crippen LogP contribution in [-0.4, -0.2) is 20.7 Å². The van der Waals surface area contributed by atoms with Crippen LogP contribution in [0.4, 0.5) is 5.82 Å². The number of halogens is 1. The lowest BCUT2D eigenvalue weighted by Crippen LogP contribution is -2.13. The molecule has 0 radical (unpaired) electrons. The Hall–Kier alpha value is -2.92. The summed E-state index contributed by atoms with van der Waals surface area (Å²) in [7, 11) is 1.81. The number of hydrogen-bond donors (Lipinski definition) is 1. The van der Waals surface area contributed by atoms with Gasteiger partial charge < -0.3 is 5.32 Å². The van der Waals surface area contributed by atoms with Crippen molar-refractivity contribution in [3.63, 3.8) is 0 Å². The van der Waals surface area contributed by atoms with Crippen LogP contribution in [0, 0.1) is 6.92 Å². The van der Waals surface area contributed by atoms with Crippen molar-refractivity contribution in [2.24, 2.45) is 7.05 Å². The Morgan fingerprint density at radius 3 is 2.76 bits per heavy atom. The van der Waals surface area contributed by atoms with Gasteiger partial charge in [-0.05, 0) is 36.8 Å². The maximum Gasteiger partial charge on any atom is 0.258 e. The van der Waals surface area contributed by atoms with Crippen molar-refractivity contribution in [2.75, 3.05) is 5.32 Å². The summed E-state index contributed by atoms with van der Waals surface area (Å²) in [5.74, 6) is 0.173. The zero-order valence-corrected chi connectivity index (χ0v) is 14.5. The number of amides is 1. The van der Waals surface area contributed by atoms with E-state index in [2.05, 4.69) is 15.4 Å². The number of aromatic nitrogens is 3. The van der Waals surface area contributed by atoms with Crippen molar-refractivity contribution in [3.8, 4) is 0 Å². The number of anilines is 1. The van der Waals surface area contributed by atoms with Crippen LogP contribution in [-0.2, 0) is 7.05 Å². The molecule has 0 saturated carbocycles. The van der Waals surface area contributed by atoms with Crippen LogP contribution in [0.2, 0.25) is 5.02 Å². The highest BCUT2D eigenvalue weighted by Gasteiger charge is 2.16. The number of carbonyl (C=O) groups excluding carboxylic acids is 1. The van der Waals surface area contributed by atoms with E-state index in [4.69, 9.17) is 11.6 Å². The number of aryl methyl sites for hydroxylation is 2. The molecule has 0 aliphatic heterocycles. The van der Waals surface area contributed by atoms with Gasteiger partial charge >= 0.3 is 0 Å². The first kappa shape index (κ1) is 15.6. The molecule has 124 valence electrons. The van der Waals surface area contributed by atoms with E-state index in [1.54, 1.807) is 28.9 Å². The number of hydrogen-bond acceptors (Lipinski definition) is 3. The molecule has 0 atom stereocenters. The lowest BCUT2D eigenvalue weighted by molar-refractivity contribution is 0.102. The quantitative estimate of drug-likeness (QED) is 0.585. The second-order valence-corrected chi connectivity index (χ2v) is 6.37. The summed E-state index contributed by atoms with van der Waals surface area (Å²) < 4.78 is 1.67. The molecule has 6 heteroatoms. The third-order valence-corrected chi connectivity index (χ3v) is 4.44. The van der Waals surface area contributed by atoms with Crippen LogP contribution in [0.15, 0.2) is 48.5 Å². The summed E-state index contributed by atoms with van der Waals surface area (Å²) in [6.07, 6.45) is 0. The largest absolute Gasteiger partial charge is 0.304 e. The minimum Gasteiger partial charge on any atom is -0.304 e. The molecule has 0 fully saturated rings. The van der Waals surface area contributed by atoms with Crippen LogP contribution >= 0.6 is 11.6 Å². The van der Waals surface area contributed by atoms with Crippen LogP contribution in [0.3, 0.4) is 0 Å². The van der Waals surface area contributed by atoms with Gasteiger partial charge in [0.1, 0.15) is 0 Å². The summed E-state index contributed by atoms with van der Waals surface area (Å²) in [4.78, 5) is 17.2. The van der Waals surface area contributed by atoms with Gasteiger partial charge in [-0.1, -0.05) is 35.9 Å². The van der Waals surface area contributed by atoms with Crippen molar-refractivity contribution in [2.45, 2.75) is 6.92 Å².